The molecule has 0 aliphatic carbocycles. The largest absolute Gasteiger partial charge is 0.324 e. The highest BCUT2D eigenvalue weighted by Gasteiger charge is 2.11. The Morgan fingerprint density at radius 2 is 1.96 bits per heavy atom. The molecule has 0 aliphatic heterocycles. The van der Waals surface area contributed by atoms with E-state index in [0.717, 1.165) is 16.9 Å². The van der Waals surface area contributed by atoms with E-state index < -0.39 is 0 Å². The zero-order valence-corrected chi connectivity index (χ0v) is 13.0. The van der Waals surface area contributed by atoms with Gasteiger partial charge in [0.25, 0.3) is 0 Å². The number of H-pyrrole nitrogens is 2. The van der Waals surface area contributed by atoms with Crippen LogP contribution in [-0.2, 0) is 11.3 Å². The summed E-state index contributed by atoms with van der Waals surface area (Å²) in [7, 11) is 0. The molecule has 2 heterocycles. The van der Waals surface area contributed by atoms with Gasteiger partial charge in [0.1, 0.15) is 12.4 Å². The van der Waals surface area contributed by atoms with Crippen molar-refractivity contribution >= 4 is 33.7 Å². The van der Waals surface area contributed by atoms with Crippen molar-refractivity contribution in [2.75, 3.05) is 5.32 Å². The third-order valence-corrected chi connectivity index (χ3v) is 3.95. The highest BCUT2D eigenvalue weighted by molar-refractivity contribution is 5.93. The molecule has 0 fully saturated rings. The normalized spacial score (nSPS) is 11.2. The number of anilines is 1. The van der Waals surface area contributed by atoms with Gasteiger partial charge < -0.3 is 19.9 Å². The van der Waals surface area contributed by atoms with E-state index in [1.807, 2.05) is 35.8 Å². The lowest BCUT2D eigenvalue weighted by Crippen LogP contribution is -2.19. The Bertz CT molecular complexity index is 1120. The number of fused-ring (bicyclic) bond motifs is 2. The van der Waals surface area contributed by atoms with Gasteiger partial charge in [-0.25, -0.2) is 9.78 Å². The van der Waals surface area contributed by atoms with Gasteiger partial charge in [-0.3, -0.25) is 4.79 Å². The van der Waals surface area contributed by atoms with Crippen LogP contribution in [0.2, 0.25) is 0 Å². The Morgan fingerprint density at radius 1 is 1.17 bits per heavy atom. The summed E-state index contributed by atoms with van der Waals surface area (Å²) in [6.07, 6.45) is 0. The number of imidazole rings is 2. The van der Waals surface area contributed by atoms with Crippen LogP contribution in [0.5, 0.6) is 0 Å². The van der Waals surface area contributed by atoms with E-state index in [-0.39, 0.29) is 18.1 Å². The van der Waals surface area contributed by atoms with Crippen LogP contribution >= 0.6 is 0 Å². The van der Waals surface area contributed by atoms with Crippen molar-refractivity contribution in [2.24, 2.45) is 0 Å². The summed E-state index contributed by atoms with van der Waals surface area (Å²) in [5.41, 5.74) is 3.51. The number of benzene rings is 2. The van der Waals surface area contributed by atoms with Crippen LogP contribution in [0.25, 0.3) is 22.1 Å². The number of nitrogens with zero attached hydrogens (tertiary/aromatic N) is 2. The number of hydrogen-bond acceptors (Lipinski definition) is 3. The smallest absolute Gasteiger partial charge is 0.323 e. The molecule has 0 aliphatic rings. The number of rotatable bonds is 3. The zero-order valence-electron chi connectivity index (χ0n) is 13.0. The van der Waals surface area contributed by atoms with E-state index in [2.05, 4.69) is 20.3 Å². The Morgan fingerprint density at radius 3 is 2.83 bits per heavy atom. The third kappa shape index (κ3) is 2.45. The predicted octanol–water partition coefficient (Wildman–Crippen LogP) is 2.15. The van der Waals surface area contributed by atoms with Gasteiger partial charge in [-0.05, 0) is 37.3 Å². The Balaban J connectivity index is 1.59. The average molecular weight is 321 g/mol. The van der Waals surface area contributed by atoms with Gasteiger partial charge in [0.2, 0.25) is 5.91 Å². The highest BCUT2D eigenvalue weighted by atomic mass is 16.2. The molecule has 7 nitrogen and oxygen atoms in total. The first-order valence-electron chi connectivity index (χ1n) is 7.54. The number of hydrogen-bond donors (Lipinski definition) is 3. The van der Waals surface area contributed by atoms with Crippen LogP contribution in [0.1, 0.15) is 5.82 Å². The number of amides is 1. The van der Waals surface area contributed by atoms with E-state index in [1.54, 1.807) is 18.2 Å². The fraction of sp³-hybridized carbons (Fsp3) is 0.118. The summed E-state index contributed by atoms with van der Waals surface area (Å²) < 4.78 is 1.88. The van der Waals surface area contributed by atoms with Gasteiger partial charge in [-0.15, -0.1) is 0 Å². The zero-order chi connectivity index (χ0) is 16.7. The maximum absolute atomic E-state index is 12.4. The summed E-state index contributed by atoms with van der Waals surface area (Å²) in [6, 6.07) is 12.9. The number of carbonyl (C=O) groups excluding carboxylic acids is 1. The van der Waals surface area contributed by atoms with Crippen LogP contribution in [0.3, 0.4) is 0 Å². The topological polar surface area (TPSA) is 95.6 Å². The molecule has 7 heteroatoms. The van der Waals surface area contributed by atoms with Crippen molar-refractivity contribution in [2.45, 2.75) is 13.5 Å². The monoisotopic (exact) mass is 321 g/mol. The number of aromatic nitrogens is 4. The first kappa shape index (κ1) is 14.3. The maximum Gasteiger partial charge on any atom is 0.323 e. The van der Waals surface area contributed by atoms with Crippen molar-refractivity contribution in [3.63, 3.8) is 0 Å². The number of carbonyl (C=O) groups is 1. The molecule has 1 amide bonds. The molecule has 2 aromatic carbocycles. The number of nitrogens with one attached hydrogen (secondary N) is 3. The molecule has 0 spiro atoms. The van der Waals surface area contributed by atoms with Crippen LogP contribution in [0, 0.1) is 6.92 Å². The number of aryl methyl sites for hydroxylation is 1. The molecule has 0 bridgehead atoms. The summed E-state index contributed by atoms with van der Waals surface area (Å²) in [4.78, 5) is 33.5. The molecule has 0 atom stereocenters. The van der Waals surface area contributed by atoms with Crippen molar-refractivity contribution in [1.82, 2.24) is 19.5 Å². The van der Waals surface area contributed by atoms with Crippen LogP contribution in [0.4, 0.5) is 5.69 Å². The van der Waals surface area contributed by atoms with Crippen LogP contribution in [0.15, 0.2) is 47.3 Å². The Kier molecular flexibility index (Phi) is 3.19. The van der Waals surface area contributed by atoms with Gasteiger partial charge in [0.15, 0.2) is 0 Å². The fourth-order valence-electron chi connectivity index (χ4n) is 2.85. The standard InChI is InChI=1S/C17H15N5O2/c1-10-18-13-4-2-3-5-15(13)22(10)9-16(23)19-11-6-7-12-14(8-11)21-17(24)20-12/h2-8H,9H2,1H3,(H,19,23)(H2,20,21,24). The second-order valence-electron chi connectivity index (χ2n) is 5.62. The molecule has 0 saturated carbocycles. The lowest BCUT2D eigenvalue weighted by atomic mass is 10.2. The van der Waals surface area contributed by atoms with E-state index >= 15 is 0 Å². The first-order chi connectivity index (χ1) is 11.6. The summed E-state index contributed by atoms with van der Waals surface area (Å²) >= 11 is 0. The quantitative estimate of drug-likeness (QED) is 0.539. The van der Waals surface area contributed by atoms with E-state index in [1.165, 1.54) is 0 Å². The Labute approximate surface area is 136 Å². The molecule has 24 heavy (non-hydrogen) atoms. The van der Waals surface area contributed by atoms with Crippen molar-refractivity contribution < 1.29 is 4.79 Å². The lowest BCUT2D eigenvalue weighted by Gasteiger charge is -2.08. The van der Waals surface area contributed by atoms with Crippen molar-refractivity contribution in [3.8, 4) is 0 Å². The van der Waals surface area contributed by atoms with E-state index in [9.17, 15) is 9.59 Å². The number of aromatic amines is 2. The minimum atomic E-state index is -0.269. The first-order valence-corrected chi connectivity index (χ1v) is 7.54. The molecule has 2 aromatic heterocycles. The van der Waals surface area contributed by atoms with Crippen LogP contribution in [-0.4, -0.2) is 25.4 Å². The second-order valence-corrected chi connectivity index (χ2v) is 5.62. The summed E-state index contributed by atoms with van der Waals surface area (Å²) in [6.45, 7) is 2.05. The average Bonchev–Trinajstić information content (AvgIpc) is 3.06. The second kappa shape index (κ2) is 5.38. The lowest BCUT2D eigenvalue weighted by molar-refractivity contribution is -0.116. The maximum atomic E-state index is 12.4. The molecule has 4 aromatic rings. The number of para-hydroxylation sites is 2. The Hall–Kier alpha value is -3.35. The molecular formula is C17H15N5O2. The van der Waals surface area contributed by atoms with Gasteiger partial charge in [-0.1, -0.05) is 12.1 Å². The molecule has 0 unspecified atom stereocenters. The van der Waals surface area contributed by atoms with E-state index in [4.69, 9.17) is 0 Å². The molecule has 120 valence electrons. The van der Waals surface area contributed by atoms with Crippen molar-refractivity contribution in [1.29, 1.82) is 0 Å². The van der Waals surface area contributed by atoms with Crippen molar-refractivity contribution in [3.05, 3.63) is 58.8 Å². The van der Waals surface area contributed by atoms with E-state index in [0.29, 0.717) is 16.7 Å². The van der Waals surface area contributed by atoms with Gasteiger partial charge >= 0.3 is 5.69 Å². The van der Waals surface area contributed by atoms with Gasteiger partial charge in [-0.2, -0.15) is 0 Å². The summed E-state index contributed by atoms with van der Waals surface area (Å²) in [5.74, 6) is 0.634. The molecule has 4 rings (SSSR count). The predicted molar refractivity (Wildman–Crippen MR) is 92.0 cm³/mol. The molecule has 3 N–H and O–H groups in total. The van der Waals surface area contributed by atoms with Gasteiger partial charge in [0, 0.05) is 5.69 Å². The highest BCUT2D eigenvalue weighted by Crippen LogP contribution is 2.17. The SMILES string of the molecule is Cc1nc2ccccc2n1CC(=O)Nc1ccc2[nH]c(=O)[nH]c2c1. The third-order valence-electron chi connectivity index (χ3n) is 3.95. The molecular weight excluding hydrogens is 306 g/mol. The molecule has 0 saturated heterocycles. The fourth-order valence-corrected chi connectivity index (χ4v) is 2.85. The minimum absolute atomic E-state index is 0.154. The molecule has 0 radical (unpaired) electrons. The minimum Gasteiger partial charge on any atom is -0.324 e. The summed E-state index contributed by atoms with van der Waals surface area (Å²) in [5, 5.41) is 2.85. The van der Waals surface area contributed by atoms with Crippen LogP contribution < -0.4 is 11.0 Å². The van der Waals surface area contributed by atoms with Gasteiger partial charge in [0.05, 0.1) is 22.1 Å².